The third kappa shape index (κ3) is 4.21. The predicted octanol–water partition coefficient (Wildman–Crippen LogP) is 3.95. The average molecular weight is 559 g/mol. The molecule has 1 heterocycles. The summed E-state index contributed by atoms with van der Waals surface area (Å²) in [5.74, 6) is -0.200. The van der Waals surface area contributed by atoms with Gasteiger partial charge in [0, 0.05) is 36.3 Å². The summed E-state index contributed by atoms with van der Waals surface area (Å²) in [4.78, 5) is 17.4. The maximum Gasteiger partial charge on any atom is 0.260 e. The van der Waals surface area contributed by atoms with E-state index in [0.717, 1.165) is 22.2 Å². The molecular weight excluding hydrogens is 529 g/mol. The Hall–Kier alpha value is -0.590. The Bertz CT molecular complexity index is 828. The summed E-state index contributed by atoms with van der Waals surface area (Å²) in [6.45, 7) is 1.69. The van der Waals surface area contributed by atoms with Gasteiger partial charge in [-0.15, -0.1) is 0 Å². The molecule has 5 rings (SSSR count). The van der Waals surface area contributed by atoms with Crippen molar-refractivity contribution < 1.29 is 16.7 Å². The third-order valence-electron chi connectivity index (χ3n) is 7.87. The highest BCUT2D eigenvalue weighted by molar-refractivity contribution is 14.1. The van der Waals surface area contributed by atoms with Crippen molar-refractivity contribution in [3.63, 3.8) is 0 Å². The molecule has 1 aromatic carbocycles. The number of hydrogen-bond donors (Lipinski definition) is 1. The third-order valence-corrected chi connectivity index (χ3v) is 9.20. The lowest BCUT2D eigenvalue weighted by atomic mass is 9.82. The Morgan fingerprint density at radius 1 is 1.10 bits per heavy atom. The van der Waals surface area contributed by atoms with Crippen molar-refractivity contribution in [1.82, 2.24) is 9.37 Å². The van der Waals surface area contributed by atoms with Crippen LogP contribution in [0.2, 0.25) is 0 Å². The highest BCUT2D eigenvalue weighted by Crippen LogP contribution is 2.51. The summed E-state index contributed by atoms with van der Waals surface area (Å²) in [7, 11) is 0. The summed E-state index contributed by atoms with van der Waals surface area (Å²) < 4.78 is 26.6. The molecule has 1 saturated heterocycles. The standard InChI is InChI=1S/C22H30IN3O4S/c23-30-26(31(28)29)20-11-14-24(21(20)27)19-9-7-16(8-10-19)22(12-13-22)15-25(17-3-1-4-17)18-5-2-6-18/h7-10,17-18,20H,1-6,11-15H2,(H,28,29). The minimum atomic E-state index is -2.35. The van der Waals surface area contributed by atoms with Gasteiger partial charge in [0.2, 0.25) is 5.91 Å². The van der Waals surface area contributed by atoms with Crippen molar-refractivity contribution in [2.24, 2.45) is 0 Å². The van der Waals surface area contributed by atoms with Crippen molar-refractivity contribution >= 4 is 45.9 Å². The molecule has 9 heteroatoms. The number of rotatable bonds is 9. The van der Waals surface area contributed by atoms with Crippen LogP contribution in [0.3, 0.4) is 0 Å². The SMILES string of the molecule is O=C1C(N(OI)S(=O)O)CCN1c1ccc(C2(CN(C3CCC3)C3CCC3)CC2)cc1. The monoisotopic (exact) mass is 559 g/mol. The van der Waals surface area contributed by atoms with Gasteiger partial charge in [-0.3, -0.25) is 14.2 Å². The molecule has 4 fully saturated rings. The van der Waals surface area contributed by atoms with E-state index in [1.807, 2.05) is 12.1 Å². The van der Waals surface area contributed by atoms with E-state index in [0.29, 0.717) is 13.0 Å². The van der Waals surface area contributed by atoms with E-state index in [1.165, 1.54) is 86.5 Å². The van der Waals surface area contributed by atoms with Gasteiger partial charge in [0.05, 0.1) is 0 Å². The van der Waals surface area contributed by atoms with Crippen molar-refractivity contribution in [1.29, 1.82) is 0 Å². The maximum atomic E-state index is 12.8. The van der Waals surface area contributed by atoms with Crippen LogP contribution in [0.25, 0.3) is 0 Å². The van der Waals surface area contributed by atoms with Gasteiger partial charge in [0.15, 0.2) is 0 Å². The quantitative estimate of drug-likeness (QED) is 0.282. The Balaban J connectivity index is 1.28. The second kappa shape index (κ2) is 8.98. The summed E-state index contributed by atoms with van der Waals surface area (Å²) in [6.07, 6.45) is 11.2. The van der Waals surface area contributed by atoms with Crippen molar-refractivity contribution in [2.75, 3.05) is 18.0 Å². The molecular formula is C22H30IN3O4S. The first-order valence-corrected chi connectivity index (χ1v) is 13.3. The van der Waals surface area contributed by atoms with Crippen LogP contribution in [0, 0.1) is 0 Å². The number of nitrogens with zero attached hydrogens (tertiary/aromatic N) is 3. The molecule has 1 aromatic rings. The van der Waals surface area contributed by atoms with Gasteiger partial charge in [0.1, 0.15) is 29.0 Å². The number of carbonyl (C=O) groups is 1. The lowest BCUT2D eigenvalue weighted by Gasteiger charge is -2.47. The van der Waals surface area contributed by atoms with Crippen molar-refractivity contribution in [3.05, 3.63) is 29.8 Å². The average Bonchev–Trinajstić information content (AvgIpc) is 3.36. The normalized spacial score (nSPS) is 26.9. The molecule has 0 spiro atoms. The minimum Gasteiger partial charge on any atom is -0.311 e. The van der Waals surface area contributed by atoms with Crippen LogP contribution in [0.15, 0.2) is 24.3 Å². The zero-order valence-corrected chi connectivity index (χ0v) is 20.6. The topological polar surface area (TPSA) is 73.3 Å². The van der Waals surface area contributed by atoms with E-state index >= 15 is 0 Å². The molecule has 2 atom stereocenters. The maximum absolute atomic E-state index is 12.8. The highest BCUT2D eigenvalue weighted by Gasteiger charge is 2.48. The van der Waals surface area contributed by atoms with Crippen LogP contribution < -0.4 is 4.90 Å². The van der Waals surface area contributed by atoms with Gasteiger partial charge >= 0.3 is 0 Å². The number of anilines is 1. The Labute approximate surface area is 200 Å². The lowest BCUT2D eigenvalue weighted by molar-refractivity contribution is -0.124. The number of amides is 1. The Kier molecular flexibility index (Phi) is 6.44. The Morgan fingerprint density at radius 2 is 1.71 bits per heavy atom. The van der Waals surface area contributed by atoms with Crippen molar-refractivity contribution in [2.45, 2.75) is 81.3 Å². The van der Waals surface area contributed by atoms with Gasteiger partial charge < -0.3 is 4.90 Å². The van der Waals surface area contributed by atoms with Crippen LogP contribution in [-0.4, -0.2) is 55.3 Å². The number of carbonyl (C=O) groups excluding carboxylic acids is 1. The fourth-order valence-electron chi connectivity index (χ4n) is 5.32. The lowest BCUT2D eigenvalue weighted by Crippen LogP contribution is -2.52. The van der Waals surface area contributed by atoms with Crippen LogP contribution in [0.5, 0.6) is 0 Å². The summed E-state index contributed by atoms with van der Waals surface area (Å²) in [5, 5.41) is 0. The molecule has 31 heavy (non-hydrogen) atoms. The number of hydrogen-bond acceptors (Lipinski definition) is 4. The van der Waals surface area contributed by atoms with Gasteiger partial charge in [-0.25, -0.2) is 7.38 Å². The van der Waals surface area contributed by atoms with E-state index in [2.05, 4.69) is 17.0 Å². The fourth-order valence-corrected chi connectivity index (χ4v) is 6.47. The summed E-state index contributed by atoms with van der Waals surface area (Å²) >= 11 is -0.811. The fraction of sp³-hybridized carbons (Fsp3) is 0.682. The van der Waals surface area contributed by atoms with Crippen molar-refractivity contribution in [3.8, 4) is 0 Å². The van der Waals surface area contributed by atoms with E-state index in [4.69, 9.17) is 3.17 Å². The molecule has 0 bridgehead atoms. The molecule has 3 aliphatic carbocycles. The zero-order chi connectivity index (χ0) is 21.6. The van der Waals surface area contributed by atoms with Crippen LogP contribution in [0.1, 0.15) is 63.4 Å². The second-order valence-corrected chi connectivity index (χ2v) is 10.8. The molecule has 7 nitrogen and oxygen atoms in total. The van der Waals surface area contributed by atoms with Gasteiger partial charge in [-0.1, -0.05) is 29.4 Å². The first kappa shape index (κ1) is 22.2. The predicted molar refractivity (Wildman–Crippen MR) is 128 cm³/mol. The smallest absolute Gasteiger partial charge is 0.260 e. The number of hydroxylamine groups is 1. The number of benzene rings is 1. The summed E-state index contributed by atoms with van der Waals surface area (Å²) in [5.41, 5.74) is 2.51. The van der Waals surface area contributed by atoms with Crippen LogP contribution >= 0.6 is 23.0 Å². The Morgan fingerprint density at radius 3 is 2.16 bits per heavy atom. The van der Waals surface area contributed by atoms with E-state index < -0.39 is 17.3 Å². The van der Waals surface area contributed by atoms with E-state index in [1.54, 1.807) is 4.90 Å². The summed E-state index contributed by atoms with van der Waals surface area (Å²) in [6, 6.07) is 9.31. The van der Waals surface area contributed by atoms with Crippen LogP contribution in [0.4, 0.5) is 5.69 Å². The van der Waals surface area contributed by atoms with Crippen LogP contribution in [-0.2, 0) is 24.6 Å². The minimum absolute atomic E-state index is 0.200. The molecule has 1 N–H and O–H groups in total. The van der Waals surface area contributed by atoms with Gasteiger partial charge in [-0.05, 0) is 62.6 Å². The second-order valence-electron chi connectivity index (χ2n) is 9.55. The molecule has 2 unspecified atom stereocenters. The first-order chi connectivity index (χ1) is 15.0. The molecule has 0 aromatic heterocycles. The van der Waals surface area contributed by atoms with E-state index in [-0.39, 0.29) is 11.3 Å². The molecule has 1 aliphatic heterocycles. The molecule has 170 valence electrons. The molecule has 3 saturated carbocycles. The van der Waals surface area contributed by atoms with E-state index in [9.17, 15) is 13.6 Å². The molecule has 0 radical (unpaired) electrons. The number of halogens is 1. The largest absolute Gasteiger partial charge is 0.311 e. The van der Waals surface area contributed by atoms with Gasteiger partial charge in [0.25, 0.3) is 11.3 Å². The zero-order valence-electron chi connectivity index (χ0n) is 17.6. The highest BCUT2D eigenvalue weighted by atomic mass is 127. The molecule has 4 aliphatic rings. The van der Waals surface area contributed by atoms with Gasteiger partial charge in [-0.2, -0.15) is 0 Å². The first-order valence-electron chi connectivity index (χ1n) is 11.4. The molecule has 1 amide bonds.